The number of aryl methyl sites for hydroxylation is 4. The van der Waals surface area contributed by atoms with Crippen molar-refractivity contribution in [1.29, 1.82) is 0 Å². The zero-order chi connectivity index (χ0) is 30.5. The normalized spacial score (nSPS) is 12.8. The number of hydrogen-bond acceptors (Lipinski definition) is 4. The Hall–Kier alpha value is -4.96. The summed E-state index contributed by atoms with van der Waals surface area (Å²) in [4.78, 5) is 24.8. The van der Waals surface area contributed by atoms with Crippen molar-refractivity contribution in [2.24, 2.45) is 0 Å². The van der Waals surface area contributed by atoms with Gasteiger partial charge in [-0.25, -0.2) is 4.79 Å². The predicted octanol–water partition coefficient (Wildman–Crippen LogP) is 8.71. The molecule has 0 amide bonds. The number of carbonyl (C=O) groups excluding carboxylic acids is 2. The van der Waals surface area contributed by atoms with Crippen molar-refractivity contribution < 1.29 is 19.1 Å². The Bertz CT molecular complexity index is 1820. The molecule has 0 aliphatic heterocycles. The van der Waals surface area contributed by atoms with Crippen LogP contribution in [0.4, 0.5) is 0 Å². The number of fused-ring (bicyclic) bond motifs is 3. The van der Waals surface area contributed by atoms with Crippen LogP contribution in [0.15, 0.2) is 97.1 Å². The molecule has 4 nitrogen and oxygen atoms in total. The number of hydrogen-bond donors (Lipinski definition) is 0. The lowest BCUT2D eigenvalue weighted by atomic mass is 9.66. The summed E-state index contributed by atoms with van der Waals surface area (Å²) in [5, 5.41) is 0. The average molecular weight is 567 g/mol. The number of ketones is 1. The molecule has 5 aromatic rings. The quantitative estimate of drug-likeness (QED) is 0.115. The van der Waals surface area contributed by atoms with Crippen molar-refractivity contribution >= 4 is 11.8 Å². The molecule has 0 unspecified atom stereocenters. The van der Waals surface area contributed by atoms with Gasteiger partial charge in [-0.05, 0) is 102 Å². The first-order valence-electron chi connectivity index (χ1n) is 14.5. The first kappa shape index (κ1) is 28.2. The summed E-state index contributed by atoms with van der Waals surface area (Å²) in [6, 6.07) is 32.6. The number of benzene rings is 5. The van der Waals surface area contributed by atoms with Crippen LogP contribution in [0.1, 0.15) is 72.1 Å². The molecule has 0 N–H and O–H groups in total. The number of ether oxygens (including phenoxy) is 2. The SMILES string of the molecule is COc1c(C)cc(C2(c3cc(C)c(OC(=O)c4ccc(C(C)=O)cc4)c(C)c3)c3ccccc3-c3ccccc32)cc1C. The summed E-state index contributed by atoms with van der Waals surface area (Å²) < 4.78 is 11.7. The van der Waals surface area contributed by atoms with Crippen molar-refractivity contribution in [3.05, 3.63) is 153 Å². The minimum absolute atomic E-state index is 0.0477. The Balaban J connectivity index is 1.54. The second-order valence-corrected chi connectivity index (χ2v) is 11.4. The maximum atomic E-state index is 13.2. The van der Waals surface area contributed by atoms with Crippen LogP contribution < -0.4 is 9.47 Å². The van der Waals surface area contributed by atoms with E-state index in [1.807, 2.05) is 13.8 Å². The third kappa shape index (κ3) is 4.45. The molecule has 0 fully saturated rings. The van der Waals surface area contributed by atoms with Gasteiger partial charge < -0.3 is 9.47 Å². The molecule has 1 aliphatic carbocycles. The molecule has 6 rings (SSSR count). The van der Waals surface area contributed by atoms with Crippen molar-refractivity contribution in [3.8, 4) is 22.6 Å². The molecule has 0 spiro atoms. The van der Waals surface area contributed by atoms with Gasteiger partial charge in [-0.1, -0.05) is 84.9 Å². The van der Waals surface area contributed by atoms with Crippen LogP contribution in [-0.4, -0.2) is 18.9 Å². The van der Waals surface area contributed by atoms with Crippen LogP contribution in [0.5, 0.6) is 11.5 Å². The van der Waals surface area contributed by atoms with Gasteiger partial charge in [0.15, 0.2) is 5.78 Å². The van der Waals surface area contributed by atoms with E-state index in [0.29, 0.717) is 16.9 Å². The zero-order valence-corrected chi connectivity index (χ0v) is 25.4. The molecule has 4 heteroatoms. The van der Waals surface area contributed by atoms with E-state index in [-0.39, 0.29) is 5.78 Å². The molecule has 0 radical (unpaired) electrons. The summed E-state index contributed by atoms with van der Waals surface area (Å²) in [6.45, 7) is 9.67. The zero-order valence-electron chi connectivity index (χ0n) is 25.4. The molecule has 0 saturated carbocycles. The molecule has 0 bridgehead atoms. The molecule has 43 heavy (non-hydrogen) atoms. The lowest BCUT2D eigenvalue weighted by Gasteiger charge is -2.35. The summed E-state index contributed by atoms with van der Waals surface area (Å²) in [5.41, 5.74) is 11.4. The van der Waals surface area contributed by atoms with Crippen LogP contribution in [0.25, 0.3) is 11.1 Å². The Morgan fingerprint density at radius 1 is 0.581 bits per heavy atom. The van der Waals surface area contributed by atoms with Gasteiger partial charge in [-0.15, -0.1) is 0 Å². The van der Waals surface area contributed by atoms with E-state index >= 15 is 0 Å². The van der Waals surface area contributed by atoms with E-state index in [2.05, 4.69) is 86.6 Å². The third-order valence-electron chi connectivity index (χ3n) is 8.67. The summed E-state index contributed by atoms with van der Waals surface area (Å²) in [5.74, 6) is 0.931. The molecular formula is C39H34O4. The number of rotatable bonds is 6. The minimum Gasteiger partial charge on any atom is -0.496 e. The number of esters is 1. The highest BCUT2D eigenvalue weighted by Gasteiger charge is 2.46. The van der Waals surface area contributed by atoms with Gasteiger partial charge in [0.05, 0.1) is 18.1 Å². The van der Waals surface area contributed by atoms with E-state index in [0.717, 1.165) is 39.1 Å². The average Bonchev–Trinajstić information content (AvgIpc) is 3.30. The van der Waals surface area contributed by atoms with E-state index in [1.54, 1.807) is 31.4 Å². The van der Waals surface area contributed by atoms with Gasteiger partial charge in [0, 0.05) is 5.56 Å². The van der Waals surface area contributed by atoms with E-state index in [4.69, 9.17) is 9.47 Å². The fourth-order valence-corrected chi connectivity index (χ4v) is 6.83. The van der Waals surface area contributed by atoms with Gasteiger partial charge in [0.2, 0.25) is 0 Å². The summed E-state index contributed by atoms with van der Waals surface area (Å²) in [7, 11) is 1.72. The van der Waals surface area contributed by atoms with Gasteiger partial charge in [0.1, 0.15) is 11.5 Å². The summed E-state index contributed by atoms with van der Waals surface area (Å²) in [6.07, 6.45) is 0. The highest BCUT2D eigenvalue weighted by Crippen LogP contribution is 2.57. The molecule has 5 aromatic carbocycles. The molecule has 0 atom stereocenters. The molecule has 0 aromatic heterocycles. The Morgan fingerprint density at radius 3 is 1.44 bits per heavy atom. The Morgan fingerprint density at radius 2 is 1.00 bits per heavy atom. The largest absolute Gasteiger partial charge is 0.496 e. The smallest absolute Gasteiger partial charge is 0.343 e. The molecule has 0 heterocycles. The van der Waals surface area contributed by atoms with Gasteiger partial charge >= 0.3 is 5.97 Å². The van der Waals surface area contributed by atoms with Gasteiger partial charge in [-0.2, -0.15) is 0 Å². The van der Waals surface area contributed by atoms with Crippen molar-refractivity contribution in [3.63, 3.8) is 0 Å². The van der Waals surface area contributed by atoms with Crippen LogP contribution in [0.2, 0.25) is 0 Å². The Labute approximate surface area is 252 Å². The lowest BCUT2D eigenvalue weighted by Crippen LogP contribution is -2.29. The van der Waals surface area contributed by atoms with Gasteiger partial charge in [-0.3, -0.25) is 4.79 Å². The maximum absolute atomic E-state index is 13.2. The highest BCUT2D eigenvalue weighted by molar-refractivity contribution is 5.96. The molecule has 214 valence electrons. The van der Waals surface area contributed by atoms with E-state index in [9.17, 15) is 9.59 Å². The molecular weight excluding hydrogens is 532 g/mol. The number of methoxy groups -OCH3 is 1. The maximum Gasteiger partial charge on any atom is 0.343 e. The topological polar surface area (TPSA) is 52.6 Å². The van der Waals surface area contributed by atoms with Crippen LogP contribution in [-0.2, 0) is 5.41 Å². The van der Waals surface area contributed by atoms with Crippen molar-refractivity contribution in [2.75, 3.05) is 7.11 Å². The number of Topliss-reactive ketones (excluding diaryl/α,β-unsaturated/α-hetero) is 1. The lowest BCUT2D eigenvalue weighted by molar-refractivity contribution is 0.0731. The summed E-state index contributed by atoms with van der Waals surface area (Å²) >= 11 is 0. The van der Waals surface area contributed by atoms with Crippen molar-refractivity contribution in [2.45, 2.75) is 40.0 Å². The Kier molecular flexibility index (Phi) is 7.01. The number of carbonyl (C=O) groups is 2. The highest BCUT2D eigenvalue weighted by atomic mass is 16.5. The van der Waals surface area contributed by atoms with Gasteiger partial charge in [0.25, 0.3) is 0 Å². The predicted molar refractivity (Wildman–Crippen MR) is 171 cm³/mol. The van der Waals surface area contributed by atoms with Crippen LogP contribution in [0.3, 0.4) is 0 Å². The minimum atomic E-state index is -0.588. The first-order chi connectivity index (χ1) is 20.7. The van der Waals surface area contributed by atoms with E-state index in [1.165, 1.54) is 29.2 Å². The van der Waals surface area contributed by atoms with Crippen molar-refractivity contribution in [1.82, 2.24) is 0 Å². The second kappa shape index (κ2) is 10.7. The monoisotopic (exact) mass is 566 g/mol. The fraction of sp³-hybridized carbons (Fsp3) is 0.179. The van der Waals surface area contributed by atoms with E-state index < -0.39 is 11.4 Å². The van der Waals surface area contributed by atoms with Crippen LogP contribution >= 0.6 is 0 Å². The second-order valence-electron chi connectivity index (χ2n) is 11.4. The van der Waals surface area contributed by atoms with Crippen LogP contribution in [0, 0.1) is 27.7 Å². The molecule has 1 aliphatic rings. The standard InChI is InChI=1S/C39H34O4/c1-23-19-30(20-24(2)36(23)42-6)39(34-13-9-7-11-32(34)33-12-8-10-14-35(33)39)31-21-25(3)37(26(4)22-31)43-38(41)29-17-15-28(16-18-29)27(5)40/h7-22H,1-6H3. The molecule has 0 saturated heterocycles. The first-order valence-corrected chi connectivity index (χ1v) is 14.5. The third-order valence-corrected chi connectivity index (χ3v) is 8.67. The fourth-order valence-electron chi connectivity index (χ4n) is 6.83.